The Kier molecular flexibility index (Phi) is 6.40. The fourth-order valence-electron chi connectivity index (χ4n) is 2.94. The van der Waals surface area contributed by atoms with Crippen LogP contribution in [-0.2, 0) is 0 Å². The highest BCUT2D eigenvalue weighted by molar-refractivity contribution is 7.99. The number of aromatic hydroxyl groups is 1. The molecule has 1 heterocycles. The van der Waals surface area contributed by atoms with Crippen molar-refractivity contribution in [1.29, 1.82) is 0 Å². The summed E-state index contributed by atoms with van der Waals surface area (Å²) in [4.78, 5) is 13.8. The Labute approximate surface area is 164 Å². The first kappa shape index (κ1) is 19.3. The predicted octanol–water partition coefficient (Wildman–Crippen LogP) is 6.28. The molecule has 27 heavy (non-hydrogen) atoms. The monoisotopic (exact) mass is 380 g/mol. The topological polar surface area (TPSA) is 50.4 Å². The summed E-state index contributed by atoms with van der Waals surface area (Å²) in [6.45, 7) is 4.32. The molecule has 0 radical (unpaired) electrons. The molecule has 140 valence electrons. The van der Waals surface area contributed by atoms with Crippen LogP contribution in [-0.4, -0.2) is 5.11 Å². The van der Waals surface area contributed by atoms with Gasteiger partial charge in [0.15, 0.2) is 0 Å². The van der Waals surface area contributed by atoms with Crippen LogP contribution in [0.25, 0.3) is 11.3 Å². The van der Waals surface area contributed by atoms with Crippen LogP contribution in [0.15, 0.2) is 80.8 Å². The summed E-state index contributed by atoms with van der Waals surface area (Å²) in [6, 6.07) is 20.9. The van der Waals surface area contributed by atoms with Gasteiger partial charge in [0.1, 0.15) is 11.5 Å². The van der Waals surface area contributed by atoms with Crippen molar-refractivity contribution in [3.63, 3.8) is 0 Å². The summed E-state index contributed by atoms with van der Waals surface area (Å²) >= 11 is 1.59. The molecule has 0 fully saturated rings. The third kappa shape index (κ3) is 5.04. The second-order valence-corrected chi connectivity index (χ2v) is 8.23. The fraction of sp³-hybridized carbons (Fsp3) is 0.261. The lowest BCUT2D eigenvalue weighted by Crippen LogP contribution is -2.12. The maximum absolute atomic E-state index is 12.8. The summed E-state index contributed by atoms with van der Waals surface area (Å²) in [5.74, 6) is 0.901. The highest BCUT2D eigenvalue weighted by Crippen LogP contribution is 2.41. The van der Waals surface area contributed by atoms with E-state index in [9.17, 15) is 9.90 Å². The van der Waals surface area contributed by atoms with Crippen molar-refractivity contribution < 1.29 is 9.52 Å². The Balaban J connectivity index is 1.97. The van der Waals surface area contributed by atoms with Crippen LogP contribution in [0.3, 0.4) is 0 Å². The summed E-state index contributed by atoms with van der Waals surface area (Å²) in [6.07, 6.45) is 1.75. The normalized spacial score (nSPS) is 12.3. The van der Waals surface area contributed by atoms with E-state index >= 15 is 0 Å². The smallest absolute Gasteiger partial charge is 0.344 e. The Morgan fingerprint density at radius 3 is 2.19 bits per heavy atom. The van der Waals surface area contributed by atoms with Gasteiger partial charge in [-0.2, -0.15) is 0 Å². The number of hydrogen-bond acceptors (Lipinski definition) is 4. The average Bonchev–Trinajstić information content (AvgIpc) is 2.66. The molecule has 3 aromatic rings. The molecule has 0 bridgehead atoms. The van der Waals surface area contributed by atoms with Crippen LogP contribution in [0, 0.1) is 5.92 Å². The number of rotatable bonds is 7. The number of thioether (sulfide) groups is 1. The summed E-state index contributed by atoms with van der Waals surface area (Å²) in [5, 5.41) is 10.5. The summed E-state index contributed by atoms with van der Waals surface area (Å²) in [5.41, 5.74) is 0.654. The summed E-state index contributed by atoms with van der Waals surface area (Å²) < 4.78 is 5.57. The molecule has 0 saturated carbocycles. The zero-order chi connectivity index (χ0) is 19.2. The molecular formula is C23H24O3S. The highest BCUT2D eigenvalue weighted by atomic mass is 32.2. The van der Waals surface area contributed by atoms with Gasteiger partial charge in [-0.25, -0.2) is 4.79 Å². The molecule has 0 aliphatic rings. The zero-order valence-corrected chi connectivity index (χ0v) is 16.4. The van der Waals surface area contributed by atoms with Crippen molar-refractivity contribution in [2.45, 2.75) is 36.8 Å². The van der Waals surface area contributed by atoms with Gasteiger partial charge in [-0.1, -0.05) is 62.4 Å². The SMILES string of the molecule is CC(C)CC[C@@H](Sc1ccccc1)c1c(O)cc(-c2ccccc2)oc1=O. The van der Waals surface area contributed by atoms with Gasteiger partial charge in [-0.15, -0.1) is 11.8 Å². The van der Waals surface area contributed by atoms with E-state index < -0.39 is 5.63 Å². The van der Waals surface area contributed by atoms with Crippen molar-refractivity contribution in [2.24, 2.45) is 5.92 Å². The minimum absolute atomic E-state index is 0.00212. The molecule has 3 nitrogen and oxygen atoms in total. The van der Waals surface area contributed by atoms with Gasteiger partial charge in [0, 0.05) is 21.8 Å². The van der Waals surface area contributed by atoms with E-state index in [1.807, 2.05) is 60.7 Å². The highest BCUT2D eigenvalue weighted by Gasteiger charge is 2.23. The Morgan fingerprint density at radius 1 is 0.963 bits per heavy atom. The average molecular weight is 381 g/mol. The van der Waals surface area contributed by atoms with Crippen LogP contribution < -0.4 is 5.63 Å². The standard InChI is InChI=1S/C23H24O3S/c1-16(2)13-14-21(27-18-11-7-4-8-12-18)22-19(24)15-20(26-23(22)25)17-9-5-3-6-10-17/h3-12,15-16,21,24H,13-14H2,1-2H3/t21-/m1/s1. The zero-order valence-electron chi connectivity index (χ0n) is 15.6. The maximum Gasteiger partial charge on any atom is 0.344 e. The molecule has 1 aromatic heterocycles. The molecule has 0 spiro atoms. The lowest BCUT2D eigenvalue weighted by molar-refractivity contribution is 0.434. The lowest BCUT2D eigenvalue weighted by Gasteiger charge is -2.18. The molecule has 1 atom stereocenters. The van der Waals surface area contributed by atoms with E-state index in [4.69, 9.17) is 4.42 Å². The van der Waals surface area contributed by atoms with Crippen molar-refractivity contribution in [1.82, 2.24) is 0 Å². The largest absolute Gasteiger partial charge is 0.507 e. The maximum atomic E-state index is 12.8. The van der Waals surface area contributed by atoms with Crippen molar-refractivity contribution in [3.05, 3.63) is 82.7 Å². The fourth-order valence-corrected chi connectivity index (χ4v) is 4.17. The summed E-state index contributed by atoms with van der Waals surface area (Å²) in [7, 11) is 0. The first-order valence-electron chi connectivity index (χ1n) is 9.18. The molecule has 0 aliphatic heterocycles. The van der Waals surface area contributed by atoms with Gasteiger partial charge >= 0.3 is 5.63 Å². The molecule has 3 rings (SSSR count). The minimum Gasteiger partial charge on any atom is -0.507 e. The van der Waals surface area contributed by atoms with Gasteiger partial charge in [-0.3, -0.25) is 0 Å². The van der Waals surface area contributed by atoms with Crippen LogP contribution in [0.1, 0.15) is 37.5 Å². The molecule has 0 aliphatic carbocycles. The van der Waals surface area contributed by atoms with E-state index in [-0.39, 0.29) is 11.0 Å². The van der Waals surface area contributed by atoms with Gasteiger partial charge in [0.2, 0.25) is 0 Å². The third-order valence-electron chi connectivity index (χ3n) is 4.37. The van der Waals surface area contributed by atoms with Crippen molar-refractivity contribution in [3.8, 4) is 17.1 Å². The van der Waals surface area contributed by atoms with Crippen LogP contribution in [0.4, 0.5) is 0 Å². The molecule has 4 heteroatoms. The minimum atomic E-state index is -0.467. The van der Waals surface area contributed by atoms with E-state index in [1.165, 1.54) is 0 Å². The molecule has 2 aromatic carbocycles. The van der Waals surface area contributed by atoms with E-state index in [1.54, 1.807) is 17.8 Å². The molecular weight excluding hydrogens is 356 g/mol. The third-order valence-corrected chi connectivity index (χ3v) is 5.67. The van der Waals surface area contributed by atoms with Gasteiger partial charge < -0.3 is 9.52 Å². The Bertz CT molecular complexity index is 917. The van der Waals surface area contributed by atoms with Crippen LogP contribution in [0.5, 0.6) is 5.75 Å². The Morgan fingerprint density at radius 2 is 1.59 bits per heavy atom. The van der Waals surface area contributed by atoms with Crippen molar-refractivity contribution in [2.75, 3.05) is 0 Å². The second-order valence-electron chi connectivity index (χ2n) is 6.95. The Hall–Kier alpha value is -2.46. The van der Waals surface area contributed by atoms with E-state index in [0.29, 0.717) is 17.2 Å². The first-order valence-corrected chi connectivity index (χ1v) is 10.1. The van der Waals surface area contributed by atoms with Gasteiger partial charge in [-0.05, 0) is 30.9 Å². The first-order chi connectivity index (χ1) is 13.0. The van der Waals surface area contributed by atoms with Gasteiger partial charge in [0.05, 0.1) is 5.56 Å². The predicted molar refractivity (Wildman–Crippen MR) is 111 cm³/mol. The van der Waals surface area contributed by atoms with E-state index in [0.717, 1.165) is 23.3 Å². The second kappa shape index (κ2) is 8.96. The van der Waals surface area contributed by atoms with Crippen molar-refractivity contribution >= 4 is 11.8 Å². The molecule has 0 amide bonds. The van der Waals surface area contributed by atoms with E-state index in [2.05, 4.69) is 13.8 Å². The number of benzene rings is 2. The molecule has 1 N–H and O–H groups in total. The molecule has 0 saturated heterocycles. The van der Waals surface area contributed by atoms with Crippen LogP contribution >= 0.6 is 11.8 Å². The number of hydrogen-bond donors (Lipinski definition) is 1. The quantitative estimate of drug-likeness (QED) is 0.490. The van der Waals surface area contributed by atoms with Crippen LogP contribution in [0.2, 0.25) is 0 Å². The van der Waals surface area contributed by atoms with Gasteiger partial charge in [0.25, 0.3) is 0 Å². The molecule has 0 unspecified atom stereocenters. The lowest BCUT2D eigenvalue weighted by atomic mass is 10.0.